The van der Waals surface area contributed by atoms with Gasteiger partial charge in [-0.2, -0.15) is 30.3 Å². The molecule has 1 aromatic carbocycles. The fourth-order valence-corrected chi connectivity index (χ4v) is 0.735. The van der Waals surface area contributed by atoms with Crippen LogP contribution in [-0.4, -0.2) is 35.6 Å². The topological polar surface area (TPSA) is 26.3 Å². The molecule has 4 heteroatoms. The molecule has 0 heterocycles. The van der Waals surface area contributed by atoms with E-state index in [2.05, 4.69) is 6.07 Å². The zero-order chi connectivity index (χ0) is 8.10. The van der Waals surface area contributed by atoms with Gasteiger partial charge in [-0.15, -0.1) is 0 Å². The van der Waals surface area contributed by atoms with Crippen LogP contribution >= 0.6 is 0 Å². The summed E-state index contributed by atoms with van der Waals surface area (Å²) < 4.78 is 4.77. The number of halogens is 1. The van der Waals surface area contributed by atoms with Gasteiger partial charge >= 0.3 is 23.1 Å². The molecule has 0 bridgehead atoms. The average Bonchev–Trinajstić information content (AvgIpc) is 2.07. The molecule has 0 aromatic heterocycles. The molecule has 0 N–H and O–H groups in total. The second-order valence-corrected chi connectivity index (χ2v) is 2.01. The first-order chi connectivity index (χ1) is 5.34. The van der Waals surface area contributed by atoms with Crippen LogP contribution in [0.1, 0.15) is 17.3 Å². The molecule has 66 valence electrons. The number of hydrogen-bond acceptors (Lipinski definition) is 2. The molecule has 1 aromatic rings. The van der Waals surface area contributed by atoms with Crippen molar-refractivity contribution in [1.29, 1.82) is 0 Å². The molecular formula is C9H9BrMgO2. The van der Waals surface area contributed by atoms with Gasteiger partial charge in [-0.25, -0.2) is 0 Å². The first-order valence-corrected chi connectivity index (χ1v) is 3.48. The molecule has 0 amide bonds. The van der Waals surface area contributed by atoms with E-state index in [0.29, 0.717) is 12.2 Å². The number of hydrogen-bond donors (Lipinski definition) is 0. The van der Waals surface area contributed by atoms with Crippen molar-refractivity contribution in [1.82, 2.24) is 0 Å². The molecular weight excluding hydrogens is 244 g/mol. The molecule has 0 atom stereocenters. The second kappa shape index (κ2) is 8.53. The summed E-state index contributed by atoms with van der Waals surface area (Å²) in [6, 6.07) is 9.61. The van der Waals surface area contributed by atoms with E-state index in [1.54, 1.807) is 31.2 Å². The van der Waals surface area contributed by atoms with E-state index in [9.17, 15) is 4.79 Å². The maximum absolute atomic E-state index is 11.0. The minimum atomic E-state index is -0.288. The Hall–Kier alpha value is -0.0638. The quantitative estimate of drug-likeness (QED) is 0.356. The summed E-state index contributed by atoms with van der Waals surface area (Å²) in [5.74, 6) is -0.288. The molecule has 0 spiro atoms. The summed E-state index contributed by atoms with van der Waals surface area (Å²) in [7, 11) is 0. The van der Waals surface area contributed by atoms with E-state index in [-0.39, 0.29) is 46.0 Å². The molecule has 0 aliphatic carbocycles. The minimum Gasteiger partial charge on any atom is -1.00 e. The molecule has 0 saturated carbocycles. The van der Waals surface area contributed by atoms with Gasteiger partial charge < -0.3 is 21.7 Å². The molecule has 0 fully saturated rings. The van der Waals surface area contributed by atoms with Gasteiger partial charge in [-0.3, -0.25) is 4.79 Å². The van der Waals surface area contributed by atoms with Crippen LogP contribution in [-0.2, 0) is 4.74 Å². The second-order valence-electron chi connectivity index (χ2n) is 2.01. The number of rotatable bonds is 2. The van der Waals surface area contributed by atoms with Gasteiger partial charge in [0, 0.05) is 0 Å². The number of ether oxygens (including phenoxy) is 1. The van der Waals surface area contributed by atoms with Crippen molar-refractivity contribution in [2.75, 3.05) is 6.61 Å². The van der Waals surface area contributed by atoms with Crippen molar-refractivity contribution in [2.24, 2.45) is 0 Å². The number of carbonyl (C=O) groups excluding carboxylic acids is 1. The van der Waals surface area contributed by atoms with Crippen LogP contribution in [0.25, 0.3) is 0 Å². The molecule has 0 aliphatic rings. The molecule has 0 radical (unpaired) electrons. The van der Waals surface area contributed by atoms with Crippen molar-refractivity contribution in [2.45, 2.75) is 6.92 Å². The van der Waals surface area contributed by atoms with Gasteiger partial charge in [0.05, 0.1) is 6.61 Å². The number of benzene rings is 1. The fraction of sp³-hybridized carbons (Fsp3) is 0.222. The molecule has 2 nitrogen and oxygen atoms in total. The predicted molar refractivity (Wildman–Crippen MR) is 47.0 cm³/mol. The minimum absolute atomic E-state index is 0. The first kappa shape index (κ1) is 15.4. The van der Waals surface area contributed by atoms with E-state index in [0.717, 1.165) is 0 Å². The van der Waals surface area contributed by atoms with Gasteiger partial charge in [0.1, 0.15) is 0 Å². The Kier molecular flexibility index (Phi) is 10.1. The van der Waals surface area contributed by atoms with Crippen molar-refractivity contribution >= 4 is 29.0 Å². The van der Waals surface area contributed by atoms with E-state index in [4.69, 9.17) is 4.74 Å². The Balaban J connectivity index is 0. The van der Waals surface area contributed by atoms with Crippen molar-refractivity contribution < 1.29 is 26.5 Å². The van der Waals surface area contributed by atoms with Gasteiger partial charge in [0.15, 0.2) is 0 Å². The largest absolute Gasteiger partial charge is 2.00 e. The Morgan fingerprint density at radius 1 is 1.62 bits per heavy atom. The third-order valence-corrected chi connectivity index (χ3v) is 1.22. The van der Waals surface area contributed by atoms with Crippen LogP contribution in [0.15, 0.2) is 24.3 Å². The average molecular weight is 253 g/mol. The van der Waals surface area contributed by atoms with Crippen LogP contribution in [0.2, 0.25) is 0 Å². The Morgan fingerprint density at radius 3 is 2.77 bits per heavy atom. The normalized spacial score (nSPS) is 7.77. The van der Waals surface area contributed by atoms with E-state index < -0.39 is 0 Å². The molecule has 0 saturated heterocycles. The maximum Gasteiger partial charge on any atom is 2.00 e. The Bertz CT molecular complexity index is 239. The predicted octanol–water partition coefficient (Wildman–Crippen LogP) is -1.71. The molecule has 0 unspecified atom stereocenters. The third-order valence-electron chi connectivity index (χ3n) is 1.22. The summed E-state index contributed by atoms with van der Waals surface area (Å²) in [6.45, 7) is 2.19. The smallest absolute Gasteiger partial charge is 1.00 e. The molecule has 13 heavy (non-hydrogen) atoms. The van der Waals surface area contributed by atoms with Crippen LogP contribution in [0.3, 0.4) is 0 Å². The van der Waals surface area contributed by atoms with Gasteiger partial charge in [-0.1, -0.05) is 5.56 Å². The van der Waals surface area contributed by atoms with Crippen LogP contribution in [0, 0.1) is 6.07 Å². The van der Waals surface area contributed by atoms with Crippen LogP contribution < -0.4 is 17.0 Å². The Morgan fingerprint density at radius 2 is 2.31 bits per heavy atom. The van der Waals surface area contributed by atoms with Gasteiger partial charge in [0.25, 0.3) is 5.97 Å². The van der Waals surface area contributed by atoms with Crippen molar-refractivity contribution in [3.63, 3.8) is 0 Å². The summed E-state index contributed by atoms with van der Waals surface area (Å²) in [6.07, 6.45) is 0. The van der Waals surface area contributed by atoms with Crippen molar-refractivity contribution in [3.8, 4) is 0 Å². The first-order valence-electron chi connectivity index (χ1n) is 3.48. The third kappa shape index (κ3) is 5.28. The summed E-state index contributed by atoms with van der Waals surface area (Å²) in [5.41, 5.74) is 0.550. The molecule has 0 aliphatic heterocycles. The maximum atomic E-state index is 11.0. The molecule has 1 rings (SSSR count). The zero-order valence-electron chi connectivity index (χ0n) is 7.42. The SMILES string of the molecule is CCOC(=O)c1c[c-]ccc1.[Br-].[Mg+2]. The van der Waals surface area contributed by atoms with Crippen molar-refractivity contribution in [3.05, 3.63) is 35.9 Å². The standard InChI is InChI=1S/C9H9O2.BrH.Mg/c1-2-11-9(10)8-6-4-3-5-7-8;;/h3-4,6-7H,2H2,1H3;1H;/q-1;;+2/p-1. The summed E-state index contributed by atoms with van der Waals surface area (Å²) in [4.78, 5) is 11.0. The summed E-state index contributed by atoms with van der Waals surface area (Å²) >= 11 is 0. The fourth-order valence-electron chi connectivity index (χ4n) is 0.735. The number of carbonyl (C=O) groups is 1. The monoisotopic (exact) mass is 252 g/mol. The summed E-state index contributed by atoms with van der Waals surface area (Å²) in [5, 5.41) is 0. The van der Waals surface area contributed by atoms with Gasteiger partial charge in [-0.05, 0) is 6.92 Å². The Labute approximate surface area is 105 Å². The zero-order valence-corrected chi connectivity index (χ0v) is 10.4. The van der Waals surface area contributed by atoms with E-state index in [1.807, 2.05) is 0 Å². The van der Waals surface area contributed by atoms with Gasteiger partial charge in [0.2, 0.25) is 0 Å². The van der Waals surface area contributed by atoms with E-state index in [1.165, 1.54) is 0 Å². The van der Waals surface area contributed by atoms with Crippen LogP contribution in [0.5, 0.6) is 0 Å². The number of esters is 1. The van der Waals surface area contributed by atoms with Crippen LogP contribution in [0.4, 0.5) is 0 Å². The van der Waals surface area contributed by atoms with E-state index >= 15 is 0 Å².